The van der Waals surface area contributed by atoms with Crippen molar-refractivity contribution in [3.8, 4) is 23.0 Å². The molecule has 0 spiro atoms. The molecule has 10 nitrogen and oxygen atoms in total. The second kappa shape index (κ2) is 11.5. The van der Waals surface area contributed by atoms with Crippen molar-refractivity contribution in [3.05, 3.63) is 42.2 Å². The van der Waals surface area contributed by atoms with Crippen molar-refractivity contribution in [1.82, 2.24) is 10.3 Å². The van der Waals surface area contributed by atoms with Gasteiger partial charge in [0.05, 0.1) is 14.2 Å². The summed E-state index contributed by atoms with van der Waals surface area (Å²) in [4.78, 5) is 41.0. The fourth-order valence-electron chi connectivity index (χ4n) is 3.50. The van der Waals surface area contributed by atoms with Gasteiger partial charge in [-0.2, -0.15) is 0 Å². The minimum atomic E-state index is -1.00. The number of pyridine rings is 1. The zero-order valence-electron chi connectivity index (χ0n) is 20.4. The molecule has 3 rings (SSSR count). The lowest BCUT2D eigenvalue weighted by atomic mass is 10.1. The second-order valence-electron chi connectivity index (χ2n) is 8.22. The maximum Gasteiger partial charge on any atom is 0.328 e. The number of ether oxygens (including phenoxy) is 5. The third-order valence-electron chi connectivity index (χ3n) is 5.42. The maximum atomic E-state index is 12.8. The first-order valence-electron chi connectivity index (χ1n) is 11.3. The van der Waals surface area contributed by atoms with Crippen LogP contribution in [0.4, 0.5) is 0 Å². The van der Waals surface area contributed by atoms with Gasteiger partial charge in [-0.3, -0.25) is 9.59 Å². The van der Waals surface area contributed by atoms with E-state index in [9.17, 15) is 14.4 Å². The molecule has 1 aromatic carbocycles. The summed E-state index contributed by atoms with van der Waals surface area (Å²) in [7, 11) is 2.95. The highest BCUT2D eigenvalue weighted by atomic mass is 16.6. The van der Waals surface area contributed by atoms with E-state index in [2.05, 4.69) is 10.3 Å². The molecule has 3 atom stereocenters. The number of carbonyl (C=O) groups excluding carboxylic acids is 3. The summed E-state index contributed by atoms with van der Waals surface area (Å²) in [6.07, 6.45) is 2.38. The highest BCUT2D eigenvalue weighted by molar-refractivity contribution is 5.98. The third kappa shape index (κ3) is 6.84. The lowest BCUT2D eigenvalue weighted by molar-refractivity contribution is -0.155. The summed E-state index contributed by atoms with van der Waals surface area (Å²) in [5.41, 5.74) is -0.190. The van der Waals surface area contributed by atoms with E-state index in [4.69, 9.17) is 23.7 Å². The monoisotopic (exact) mass is 486 g/mol. The summed E-state index contributed by atoms with van der Waals surface area (Å²) >= 11 is 0. The van der Waals surface area contributed by atoms with Crippen molar-refractivity contribution in [2.24, 2.45) is 5.92 Å². The van der Waals surface area contributed by atoms with Gasteiger partial charge < -0.3 is 29.0 Å². The van der Waals surface area contributed by atoms with E-state index in [0.717, 1.165) is 12.8 Å². The van der Waals surface area contributed by atoms with Crippen LogP contribution in [0.15, 0.2) is 36.5 Å². The fourth-order valence-corrected chi connectivity index (χ4v) is 3.50. The molecule has 1 heterocycles. The molecule has 35 heavy (non-hydrogen) atoms. The number of carbonyl (C=O) groups is 3. The van der Waals surface area contributed by atoms with Crippen molar-refractivity contribution in [1.29, 1.82) is 0 Å². The molecular weight excluding hydrogens is 456 g/mol. The van der Waals surface area contributed by atoms with Gasteiger partial charge in [0.15, 0.2) is 11.4 Å². The predicted molar refractivity (Wildman–Crippen MR) is 125 cm³/mol. The van der Waals surface area contributed by atoms with Crippen LogP contribution in [0.5, 0.6) is 23.0 Å². The topological polar surface area (TPSA) is 122 Å². The quantitative estimate of drug-likeness (QED) is 0.478. The van der Waals surface area contributed by atoms with Crippen LogP contribution >= 0.6 is 0 Å². The summed E-state index contributed by atoms with van der Waals surface area (Å²) in [5, 5.41) is 2.53. The summed E-state index contributed by atoms with van der Waals surface area (Å²) < 4.78 is 27.3. The van der Waals surface area contributed by atoms with Gasteiger partial charge >= 0.3 is 11.9 Å². The van der Waals surface area contributed by atoms with Crippen molar-refractivity contribution in [3.63, 3.8) is 0 Å². The Bertz CT molecular complexity index is 1070. The van der Waals surface area contributed by atoms with Crippen molar-refractivity contribution in [2.75, 3.05) is 14.2 Å². The van der Waals surface area contributed by atoms with E-state index in [1.807, 2.05) is 18.2 Å². The molecule has 1 N–H and O–H groups in total. The smallest absolute Gasteiger partial charge is 0.328 e. The van der Waals surface area contributed by atoms with Gasteiger partial charge in [-0.15, -0.1) is 0 Å². The number of hydrogen-bond donors (Lipinski definition) is 1. The molecule has 1 fully saturated rings. The van der Waals surface area contributed by atoms with Crippen LogP contribution in [-0.2, 0) is 14.3 Å². The minimum Gasteiger partial charge on any atom is -0.497 e. The van der Waals surface area contributed by atoms with Gasteiger partial charge in [-0.25, -0.2) is 9.78 Å². The van der Waals surface area contributed by atoms with Gasteiger partial charge in [-0.05, 0) is 44.7 Å². The van der Waals surface area contributed by atoms with E-state index < -0.39 is 30.0 Å². The summed E-state index contributed by atoms with van der Waals surface area (Å²) in [5.74, 6) is -0.424. The van der Waals surface area contributed by atoms with Crippen molar-refractivity contribution < 1.29 is 38.1 Å². The van der Waals surface area contributed by atoms with Gasteiger partial charge in [-0.1, -0.05) is 6.07 Å². The number of nitrogens with one attached hydrogen (secondary N) is 1. The third-order valence-corrected chi connectivity index (χ3v) is 5.42. The predicted octanol–water partition coefficient (Wildman–Crippen LogP) is 2.93. The highest BCUT2D eigenvalue weighted by Crippen LogP contribution is 2.37. The van der Waals surface area contributed by atoms with Gasteiger partial charge in [0.2, 0.25) is 5.75 Å². The number of aromatic nitrogens is 1. The molecule has 1 aromatic heterocycles. The SMILES string of the molecule is COc1cccc(O[C@H](C2CC2)[C@H](C)OC(=O)[C@H](C)NC(=O)c2nccc(OC)c2OC(C)=O)c1. The molecule has 1 amide bonds. The normalized spacial score (nSPS) is 15.2. The van der Waals surface area contributed by atoms with E-state index in [1.165, 1.54) is 33.2 Å². The zero-order chi connectivity index (χ0) is 25.5. The maximum absolute atomic E-state index is 12.8. The van der Waals surface area contributed by atoms with Crippen molar-refractivity contribution in [2.45, 2.75) is 51.9 Å². The summed E-state index contributed by atoms with van der Waals surface area (Å²) in [6.45, 7) is 4.45. The lowest BCUT2D eigenvalue weighted by Crippen LogP contribution is -2.44. The molecule has 0 bridgehead atoms. The van der Waals surface area contributed by atoms with E-state index in [-0.39, 0.29) is 29.2 Å². The summed E-state index contributed by atoms with van der Waals surface area (Å²) in [6, 6.07) is 7.68. The molecule has 188 valence electrons. The van der Waals surface area contributed by atoms with Crippen LogP contribution in [-0.4, -0.2) is 55.3 Å². The number of methoxy groups -OCH3 is 2. The number of benzene rings is 1. The Balaban J connectivity index is 1.65. The van der Waals surface area contributed by atoms with Gasteiger partial charge in [0.1, 0.15) is 29.7 Å². The highest BCUT2D eigenvalue weighted by Gasteiger charge is 2.39. The lowest BCUT2D eigenvalue weighted by Gasteiger charge is -2.26. The number of nitrogens with zero attached hydrogens (tertiary/aromatic N) is 1. The molecule has 2 aromatic rings. The average molecular weight is 487 g/mol. The van der Waals surface area contributed by atoms with Gasteiger partial charge in [0.25, 0.3) is 5.91 Å². The Morgan fingerprint density at radius 1 is 1.06 bits per heavy atom. The standard InChI is InChI=1S/C25H30N2O8/c1-14(27-24(29)21-23(34-16(3)28)20(32-5)11-12-26-21)25(30)33-15(2)22(17-9-10-17)35-19-8-6-7-18(13-19)31-4/h6-8,11-15,17,22H,9-10H2,1-5H3,(H,27,29)/t14-,15-,22-/m0/s1. The Hall–Kier alpha value is -3.82. The average Bonchev–Trinajstić information content (AvgIpc) is 3.67. The molecule has 0 aliphatic heterocycles. The minimum absolute atomic E-state index is 0.130. The molecule has 1 saturated carbocycles. The van der Waals surface area contributed by atoms with E-state index in [0.29, 0.717) is 11.5 Å². The second-order valence-corrected chi connectivity index (χ2v) is 8.22. The Labute approximate surface area is 203 Å². The molecule has 1 aliphatic carbocycles. The van der Waals surface area contributed by atoms with Crippen LogP contribution in [0.25, 0.3) is 0 Å². The number of rotatable bonds is 11. The Morgan fingerprint density at radius 2 is 1.77 bits per heavy atom. The molecule has 10 heteroatoms. The van der Waals surface area contributed by atoms with Crippen LogP contribution in [0, 0.1) is 5.92 Å². The number of esters is 2. The van der Waals surface area contributed by atoms with E-state index >= 15 is 0 Å². The van der Waals surface area contributed by atoms with Crippen LogP contribution in [0.3, 0.4) is 0 Å². The molecule has 1 aliphatic rings. The van der Waals surface area contributed by atoms with E-state index in [1.54, 1.807) is 20.1 Å². The van der Waals surface area contributed by atoms with Gasteiger partial charge in [0, 0.05) is 25.3 Å². The first-order valence-corrected chi connectivity index (χ1v) is 11.3. The molecule has 0 unspecified atom stereocenters. The first kappa shape index (κ1) is 25.8. The molecule has 0 saturated heterocycles. The fraction of sp³-hybridized carbons (Fsp3) is 0.440. The van der Waals surface area contributed by atoms with Crippen molar-refractivity contribution >= 4 is 17.8 Å². The zero-order valence-corrected chi connectivity index (χ0v) is 20.4. The Morgan fingerprint density at radius 3 is 2.40 bits per heavy atom. The molecular formula is C25H30N2O8. The largest absolute Gasteiger partial charge is 0.497 e. The van der Waals surface area contributed by atoms with Crippen LogP contribution in [0.2, 0.25) is 0 Å². The molecule has 0 radical (unpaired) electrons. The van der Waals surface area contributed by atoms with Crippen LogP contribution < -0.4 is 24.3 Å². The number of amides is 1. The Kier molecular flexibility index (Phi) is 8.51. The van der Waals surface area contributed by atoms with Crippen LogP contribution in [0.1, 0.15) is 44.1 Å². The number of hydrogen-bond acceptors (Lipinski definition) is 9. The first-order chi connectivity index (χ1) is 16.7.